The summed E-state index contributed by atoms with van der Waals surface area (Å²) in [4.78, 5) is 15.0. The first-order valence-electron chi connectivity index (χ1n) is 9.66. The van der Waals surface area contributed by atoms with Gasteiger partial charge < -0.3 is 9.47 Å². The van der Waals surface area contributed by atoms with E-state index in [0.29, 0.717) is 12.1 Å². The molecule has 0 aliphatic carbocycles. The number of ether oxygens (including phenoxy) is 2. The molecule has 0 aromatic heterocycles. The first-order valence-corrected chi connectivity index (χ1v) is 9.66. The molecule has 2 fully saturated rings. The molecule has 0 amide bonds. The lowest BCUT2D eigenvalue weighted by Crippen LogP contribution is -2.49. The zero-order valence-electron chi connectivity index (χ0n) is 16.2. The number of hydrogen-bond donors (Lipinski definition) is 0. The molecule has 4 heteroatoms. The van der Waals surface area contributed by atoms with Crippen molar-refractivity contribution in [1.29, 1.82) is 0 Å². The van der Waals surface area contributed by atoms with Crippen molar-refractivity contribution in [2.45, 2.75) is 37.3 Å². The molecule has 2 aromatic rings. The highest BCUT2D eigenvalue weighted by Crippen LogP contribution is 2.46. The molecule has 2 aliphatic heterocycles. The molecule has 2 saturated heterocycles. The Morgan fingerprint density at radius 1 is 1.04 bits per heavy atom. The van der Waals surface area contributed by atoms with Crippen LogP contribution in [0.15, 0.2) is 48.5 Å². The molecule has 2 bridgehead atoms. The molecule has 4 atom stereocenters. The van der Waals surface area contributed by atoms with Gasteiger partial charge in [-0.3, -0.25) is 9.69 Å². The van der Waals surface area contributed by atoms with Gasteiger partial charge in [0.05, 0.1) is 20.1 Å². The number of benzene rings is 2. The fourth-order valence-corrected chi connectivity index (χ4v) is 4.99. The molecule has 0 spiro atoms. The number of esters is 1. The van der Waals surface area contributed by atoms with E-state index in [9.17, 15) is 4.79 Å². The second-order valence-corrected chi connectivity index (χ2v) is 7.71. The van der Waals surface area contributed by atoms with E-state index in [0.717, 1.165) is 29.7 Å². The fraction of sp³-hybridized carbons (Fsp3) is 0.435. The van der Waals surface area contributed by atoms with Crippen LogP contribution in [0.4, 0.5) is 0 Å². The highest BCUT2D eigenvalue weighted by molar-refractivity contribution is 5.75. The van der Waals surface area contributed by atoms with Crippen molar-refractivity contribution in [2.24, 2.45) is 5.92 Å². The third-order valence-corrected chi connectivity index (χ3v) is 6.48. The number of fused-ring (bicyclic) bond motifs is 2. The minimum absolute atomic E-state index is 0.0749. The summed E-state index contributed by atoms with van der Waals surface area (Å²) in [6, 6.07) is 17.6. The van der Waals surface area contributed by atoms with Gasteiger partial charge in [0.15, 0.2) is 0 Å². The van der Waals surface area contributed by atoms with Crippen LogP contribution in [0.5, 0.6) is 5.75 Å². The van der Waals surface area contributed by atoms with Gasteiger partial charge in [-0.05, 0) is 55.1 Å². The first kappa shape index (κ1) is 18.1. The Morgan fingerprint density at radius 2 is 1.81 bits per heavy atom. The minimum Gasteiger partial charge on any atom is -0.497 e. The third-order valence-electron chi connectivity index (χ3n) is 6.48. The molecule has 4 rings (SSSR count). The van der Waals surface area contributed by atoms with E-state index >= 15 is 0 Å². The minimum atomic E-state index is -0.0820. The second-order valence-electron chi connectivity index (χ2n) is 7.71. The predicted molar refractivity (Wildman–Crippen MR) is 106 cm³/mol. The molecule has 2 aromatic carbocycles. The van der Waals surface area contributed by atoms with Crippen LogP contribution in [0.2, 0.25) is 0 Å². The van der Waals surface area contributed by atoms with E-state index in [2.05, 4.69) is 42.3 Å². The van der Waals surface area contributed by atoms with Gasteiger partial charge in [-0.1, -0.05) is 36.4 Å². The number of methoxy groups -OCH3 is 2. The quantitative estimate of drug-likeness (QED) is 0.765. The van der Waals surface area contributed by atoms with Crippen molar-refractivity contribution in [3.8, 4) is 16.9 Å². The Bertz CT molecular complexity index is 817. The number of piperidine rings is 1. The zero-order chi connectivity index (χ0) is 19.0. The lowest BCUT2D eigenvalue weighted by molar-refractivity contribution is -0.150. The lowest BCUT2D eigenvalue weighted by Gasteiger charge is -2.41. The molecule has 0 saturated carbocycles. The molecular formula is C23H27NO3. The summed E-state index contributed by atoms with van der Waals surface area (Å²) in [6.07, 6.45) is 3.28. The Hall–Kier alpha value is -2.33. The Labute approximate surface area is 161 Å². The summed E-state index contributed by atoms with van der Waals surface area (Å²) >= 11 is 0. The van der Waals surface area contributed by atoms with Gasteiger partial charge >= 0.3 is 5.97 Å². The van der Waals surface area contributed by atoms with Crippen LogP contribution in [-0.4, -0.2) is 44.2 Å². The van der Waals surface area contributed by atoms with Gasteiger partial charge in [0.25, 0.3) is 0 Å². The normalized spacial score (nSPS) is 27.4. The number of carbonyl (C=O) groups is 1. The Balaban J connectivity index is 1.63. The van der Waals surface area contributed by atoms with Gasteiger partial charge in [0.2, 0.25) is 0 Å². The van der Waals surface area contributed by atoms with Crippen LogP contribution in [0, 0.1) is 5.92 Å². The molecule has 4 nitrogen and oxygen atoms in total. The van der Waals surface area contributed by atoms with Gasteiger partial charge in [0.1, 0.15) is 5.75 Å². The average molecular weight is 365 g/mol. The van der Waals surface area contributed by atoms with E-state index in [1.165, 1.54) is 19.1 Å². The summed E-state index contributed by atoms with van der Waals surface area (Å²) in [5.41, 5.74) is 3.53. The second kappa shape index (κ2) is 7.35. The fourth-order valence-electron chi connectivity index (χ4n) is 4.99. The summed E-state index contributed by atoms with van der Waals surface area (Å²) in [5, 5.41) is 0. The maximum Gasteiger partial charge on any atom is 0.310 e. The number of carbonyl (C=O) groups excluding carboxylic acids is 1. The molecule has 0 unspecified atom stereocenters. The van der Waals surface area contributed by atoms with Crippen molar-refractivity contribution in [3.63, 3.8) is 0 Å². The zero-order valence-corrected chi connectivity index (χ0v) is 16.2. The van der Waals surface area contributed by atoms with Gasteiger partial charge in [0, 0.05) is 18.0 Å². The topological polar surface area (TPSA) is 38.8 Å². The standard InChI is InChI=1S/C23H27NO3/c1-24-18-11-12-21(24)22(23(25)27-3)20(14-18)16-9-7-15(8-10-16)17-5-4-6-19(13-17)26-2/h4-10,13,18,20-22H,11-12,14H2,1-3H3/t18-,20+,21+,22-/m0/s1. The Kier molecular flexibility index (Phi) is 4.92. The molecule has 0 N–H and O–H groups in total. The molecule has 142 valence electrons. The molecule has 0 radical (unpaired) electrons. The summed E-state index contributed by atoms with van der Waals surface area (Å²) in [6.45, 7) is 0. The molecule has 2 aliphatic rings. The summed E-state index contributed by atoms with van der Waals surface area (Å²) in [7, 11) is 5.34. The first-order chi connectivity index (χ1) is 13.1. The van der Waals surface area contributed by atoms with Crippen LogP contribution in [0.3, 0.4) is 0 Å². The number of nitrogens with zero attached hydrogens (tertiary/aromatic N) is 1. The van der Waals surface area contributed by atoms with Gasteiger partial charge in [-0.2, -0.15) is 0 Å². The smallest absolute Gasteiger partial charge is 0.310 e. The van der Waals surface area contributed by atoms with Crippen molar-refractivity contribution in [1.82, 2.24) is 4.90 Å². The highest BCUT2D eigenvalue weighted by Gasteiger charge is 2.49. The maximum absolute atomic E-state index is 12.6. The molecule has 27 heavy (non-hydrogen) atoms. The van der Waals surface area contributed by atoms with E-state index in [4.69, 9.17) is 9.47 Å². The van der Waals surface area contributed by atoms with Gasteiger partial charge in [-0.25, -0.2) is 0 Å². The third kappa shape index (κ3) is 3.23. The van der Waals surface area contributed by atoms with Crippen LogP contribution in [0.25, 0.3) is 11.1 Å². The predicted octanol–water partition coefficient (Wildman–Crippen LogP) is 4.10. The van der Waals surface area contributed by atoms with Gasteiger partial charge in [-0.15, -0.1) is 0 Å². The largest absolute Gasteiger partial charge is 0.497 e. The van der Waals surface area contributed by atoms with Crippen LogP contribution < -0.4 is 4.74 Å². The average Bonchev–Trinajstić information content (AvgIpc) is 2.95. The molecular weight excluding hydrogens is 338 g/mol. The van der Waals surface area contributed by atoms with Crippen molar-refractivity contribution in [3.05, 3.63) is 54.1 Å². The van der Waals surface area contributed by atoms with Crippen molar-refractivity contribution < 1.29 is 14.3 Å². The van der Waals surface area contributed by atoms with Crippen molar-refractivity contribution in [2.75, 3.05) is 21.3 Å². The maximum atomic E-state index is 12.6. The van der Waals surface area contributed by atoms with Crippen molar-refractivity contribution >= 4 is 5.97 Å². The monoisotopic (exact) mass is 365 g/mol. The van der Waals surface area contributed by atoms with Crippen LogP contribution in [-0.2, 0) is 9.53 Å². The van der Waals surface area contributed by atoms with Crippen LogP contribution in [0.1, 0.15) is 30.7 Å². The van der Waals surface area contributed by atoms with Crippen LogP contribution >= 0.6 is 0 Å². The highest BCUT2D eigenvalue weighted by atomic mass is 16.5. The van der Waals surface area contributed by atoms with E-state index in [1.54, 1.807) is 7.11 Å². The van der Waals surface area contributed by atoms with E-state index in [-0.39, 0.29) is 17.8 Å². The van der Waals surface area contributed by atoms with E-state index in [1.807, 2.05) is 18.2 Å². The summed E-state index contributed by atoms with van der Waals surface area (Å²) < 4.78 is 10.5. The SMILES string of the molecule is COC(=O)[C@H]1[C@@H](c2ccc(-c3cccc(OC)c3)cc2)C[C@@H]2CC[C@H]1N2C. The lowest BCUT2D eigenvalue weighted by atomic mass is 9.76. The number of hydrogen-bond acceptors (Lipinski definition) is 4. The number of rotatable bonds is 4. The van der Waals surface area contributed by atoms with E-state index < -0.39 is 0 Å². The summed E-state index contributed by atoms with van der Waals surface area (Å²) in [5.74, 6) is 0.926. The Morgan fingerprint density at radius 3 is 2.52 bits per heavy atom. The molecule has 2 heterocycles.